The lowest BCUT2D eigenvalue weighted by atomic mass is 9.82. The first-order chi connectivity index (χ1) is 5.22. The van der Waals surface area contributed by atoms with Gasteiger partial charge in [0.05, 0.1) is 5.92 Å². The number of hydrogen-bond donors (Lipinski definition) is 2. The molecule has 1 saturated carbocycles. The Balaban J connectivity index is 1.89. The second kappa shape index (κ2) is 2.21. The van der Waals surface area contributed by atoms with Crippen LogP contribution in [0, 0.1) is 5.92 Å². The van der Waals surface area contributed by atoms with Crippen LogP contribution in [0.3, 0.4) is 0 Å². The van der Waals surface area contributed by atoms with E-state index in [1.807, 2.05) is 0 Å². The van der Waals surface area contributed by atoms with E-state index in [1.165, 1.54) is 0 Å². The van der Waals surface area contributed by atoms with Crippen LogP contribution in [0.4, 0.5) is 0 Å². The van der Waals surface area contributed by atoms with Crippen LogP contribution in [0.1, 0.15) is 25.7 Å². The van der Waals surface area contributed by atoms with Gasteiger partial charge in [-0.15, -0.1) is 0 Å². The van der Waals surface area contributed by atoms with Crippen LogP contribution in [-0.4, -0.2) is 23.2 Å². The largest absolute Gasteiger partial charge is 0.481 e. The first-order valence-electron chi connectivity index (χ1n) is 4.20. The van der Waals surface area contributed by atoms with Crippen molar-refractivity contribution in [3.05, 3.63) is 0 Å². The van der Waals surface area contributed by atoms with E-state index in [1.54, 1.807) is 0 Å². The van der Waals surface area contributed by atoms with Crippen LogP contribution >= 0.6 is 0 Å². The zero-order chi connectivity index (χ0) is 7.90. The third kappa shape index (κ3) is 1.25. The van der Waals surface area contributed by atoms with Gasteiger partial charge in [0.25, 0.3) is 0 Å². The molecule has 3 nitrogen and oxygen atoms in total. The van der Waals surface area contributed by atoms with Gasteiger partial charge in [0.15, 0.2) is 0 Å². The Labute approximate surface area is 65.8 Å². The molecule has 0 aromatic carbocycles. The van der Waals surface area contributed by atoms with Crippen molar-refractivity contribution in [1.82, 2.24) is 5.32 Å². The summed E-state index contributed by atoms with van der Waals surface area (Å²) in [6, 6.07) is 0. The fourth-order valence-electron chi connectivity index (χ4n) is 1.90. The average Bonchev–Trinajstić information content (AvgIpc) is 2.70. The molecule has 11 heavy (non-hydrogen) atoms. The molecule has 0 aromatic heterocycles. The summed E-state index contributed by atoms with van der Waals surface area (Å²) >= 11 is 0. The van der Waals surface area contributed by atoms with Crippen molar-refractivity contribution in [2.24, 2.45) is 5.92 Å². The molecule has 0 unspecified atom stereocenters. The van der Waals surface area contributed by atoms with Gasteiger partial charge in [-0.2, -0.15) is 0 Å². The van der Waals surface area contributed by atoms with Crippen LogP contribution < -0.4 is 5.32 Å². The number of carboxylic acid groups (broad SMARTS) is 1. The number of carbonyl (C=O) groups is 1. The second-order valence-electron chi connectivity index (χ2n) is 3.75. The highest BCUT2D eigenvalue weighted by Crippen LogP contribution is 2.37. The third-order valence-corrected chi connectivity index (χ3v) is 2.97. The number of aliphatic carboxylic acids is 1. The van der Waals surface area contributed by atoms with Crippen LogP contribution in [0.5, 0.6) is 0 Å². The normalized spacial score (nSPS) is 42.4. The maximum atomic E-state index is 10.6. The maximum Gasteiger partial charge on any atom is 0.306 e. The van der Waals surface area contributed by atoms with E-state index >= 15 is 0 Å². The lowest BCUT2D eigenvalue weighted by Crippen LogP contribution is -2.28. The van der Waals surface area contributed by atoms with Gasteiger partial charge in [-0.05, 0) is 25.7 Å². The summed E-state index contributed by atoms with van der Waals surface area (Å²) < 4.78 is 0. The van der Waals surface area contributed by atoms with Crippen molar-refractivity contribution >= 4 is 5.97 Å². The quantitative estimate of drug-likeness (QED) is 0.545. The van der Waals surface area contributed by atoms with Crippen molar-refractivity contribution < 1.29 is 9.90 Å². The van der Waals surface area contributed by atoms with Crippen LogP contribution in [-0.2, 0) is 4.79 Å². The van der Waals surface area contributed by atoms with Gasteiger partial charge < -0.3 is 10.4 Å². The van der Waals surface area contributed by atoms with Crippen molar-refractivity contribution in [3.63, 3.8) is 0 Å². The Bertz CT molecular complexity index is 177. The van der Waals surface area contributed by atoms with Gasteiger partial charge >= 0.3 is 5.97 Å². The molecule has 1 heterocycles. The molecule has 2 rings (SSSR count). The number of carboxylic acids is 1. The fourth-order valence-corrected chi connectivity index (χ4v) is 1.90. The first-order valence-corrected chi connectivity index (χ1v) is 4.20. The number of hydrogen-bond acceptors (Lipinski definition) is 2. The third-order valence-electron chi connectivity index (χ3n) is 2.97. The second-order valence-corrected chi connectivity index (χ2v) is 3.75. The molecule has 0 bridgehead atoms. The summed E-state index contributed by atoms with van der Waals surface area (Å²) in [5.41, 5.74) is 0.381. The molecule has 0 radical (unpaired) electrons. The molecule has 1 aliphatic carbocycles. The lowest BCUT2D eigenvalue weighted by molar-refractivity contribution is -0.142. The SMILES string of the molecule is O=C(O)C1CCC2(CC1)CN2. The molecule has 1 aliphatic heterocycles. The van der Waals surface area contributed by atoms with Gasteiger partial charge in [0.2, 0.25) is 0 Å². The highest BCUT2D eigenvalue weighted by Gasteiger charge is 2.45. The number of rotatable bonds is 1. The van der Waals surface area contributed by atoms with E-state index in [2.05, 4.69) is 5.32 Å². The minimum atomic E-state index is -0.611. The van der Waals surface area contributed by atoms with Crippen molar-refractivity contribution in [1.29, 1.82) is 0 Å². The molecule has 3 heteroatoms. The topological polar surface area (TPSA) is 59.2 Å². The van der Waals surface area contributed by atoms with E-state index in [-0.39, 0.29) is 5.92 Å². The van der Waals surface area contributed by atoms with E-state index in [4.69, 9.17) is 5.11 Å². The fraction of sp³-hybridized carbons (Fsp3) is 0.875. The van der Waals surface area contributed by atoms with Gasteiger partial charge in [-0.3, -0.25) is 4.79 Å². The van der Waals surface area contributed by atoms with E-state index < -0.39 is 5.97 Å². The first kappa shape index (κ1) is 7.10. The highest BCUT2D eigenvalue weighted by atomic mass is 16.4. The van der Waals surface area contributed by atoms with Crippen molar-refractivity contribution in [2.75, 3.05) is 6.54 Å². The molecule has 2 N–H and O–H groups in total. The Morgan fingerprint density at radius 2 is 2.00 bits per heavy atom. The summed E-state index contributed by atoms with van der Waals surface area (Å²) in [7, 11) is 0. The highest BCUT2D eigenvalue weighted by molar-refractivity contribution is 5.70. The molecular formula is C8H13NO2. The molecule has 1 saturated heterocycles. The smallest absolute Gasteiger partial charge is 0.306 e. The zero-order valence-corrected chi connectivity index (χ0v) is 6.47. The van der Waals surface area contributed by atoms with Gasteiger partial charge in [0, 0.05) is 12.1 Å². The van der Waals surface area contributed by atoms with E-state index in [0.29, 0.717) is 5.54 Å². The average molecular weight is 155 g/mol. The molecule has 1 spiro atoms. The molecule has 62 valence electrons. The monoisotopic (exact) mass is 155 g/mol. The minimum absolute atomic E-state index is 0.0666. The Kier molecular flexibility index (Phi) is 1.42. The molecular weight excluding hydrogens is 142 g/mol. The van der Waals surface area contributed by atoms with Crippen LogP contribution in [0.2, 0.25) is 0 Å². The minimum Gasteiger partial charge on any atom is -0.481 e. The Hall–Kier alpha value is -0.570. The summed E-state index contributed by atoms with van der Waals surface area (Å²) in [6.07, 6.45) is 3.85. The van der Waals surface area contributed by atoms with Crippen LogP contribution in [0.25, 0.3) is 0 Å². The molecule has 0 amide bonds. The van der Waals surface area contributed by atoms with Gasteiger partial charge in [-0.1, -0.05) is 0 Å². The van der Waals surface area contributed by atoms with Crippen molar-refractivity contribution in [2.45, 2.75) is 31.2 Å². The van der Waals surface area contributed by atoms with Crippen LogP contribution in [0.15, 0.2) is 0 Å². The lowest BCUT2D eigenvalue weighted by Gasteiger charge is -2.24. The molecule has 2 fully saturated rings. The maximum absolute atomic E-state index is 10.6. The molecule has 0 aromatic rings. The summed E-state index contributed by atoms with van der Waals surface area (Å²) in [5, 5.41) is 12.0. The molecule has 0 atom stereocenters. The predicted molar refractivity (Wildman–Crippen MR) is 40.3 cm³/mol. The molecule has 2 aliphatic rings. The van der Waals surface area contributed by atoms with E-state index in [9.17, 15) is 4.79 Å². The van der Waals surface area contributed by atoms with E-state index in [0.717, 1.165) is 32.2 Å². The standard InChI is InChI=1S/C8H13NO2/c10-7(11)6-1-3-8(4-2-6)5-9-8/h6,9H,1-5H2,(H,10,11). The Morgan fingerprint density at radius 1 is 1.45 bits per heavy atom. The predicted octanol–water partition coefficient (Wildman–Crippen LogP) is 0.603. The van der Waals surface area contributed by atoms with Crippen molar-refractivity contribution in [3.8, 4) is 0 Å². The Morgan fingerprint density at radius 3 is 2.36 bits per heavy atom. The zero-order valence-electron chi connectivity index (χ0n) is 6.47. The van der Waals surface area contributed by atoms with Gasteiger partial charge in [-0.25, -0.2) is 0 Å². The van der Waals surface area contributed by atoms with Gasteiger partial charge in [0.1, 0.15) is 0 Å². The summed E-state index contributed by atoms with van der Waals surface area (Å²) in [4.78, 5) is 10.6. The summed E-state index contributed by atoms with van der Waals surface area (Å²) in [5.74, 6) is -0.677. The number of nitrogens with one attached hydrogen (secondary N) is 1. The summed E-state index contributed by atoms with van der Waals surface area (Å²) in [6.45, 7) is 1.11.